The second-order valence-corrected chi connectivity index (χ2v) is 5.12. The molecule has 24 heavy (non-hydrogen) atoms. The normalized spacial score (nSPS) is 11.9. The molecule has 1 heterocycles. The summed E-state index contributed by atoms with van der Waals surface area (Å²) in [4.78, 5) is 12.3. The van der Waals surface area contributed by atoms with Gasteiger partial charge in [-0.25, -0.2) is 4.79 Å². The van der Waals surface area contributed by atoms with Crippen LogP contribution in [-0.2, 0) is 0 Å². The van der Waals surface area contributed by atoms with Gasteiger partial charge >= 0.3 is 5.97 Å². The van der Waals surface area contributed by atoms with Crippen molar-refractivity contribution in [1.29, 1.82) is 0 Å². The number of carbonyl (C=O) groups excluding carboxylic acids is 1. The summed E-state index contributed by atoms with van der Waals surface area (Å²) in [5.74, 6) is 2.17. The molecule has 0 amide bonds. The van der Waals surface area contributed by atoms with E-state index in [4.69, 9.17) is 23.7 Å². The monoisotopic (exact) mass is 330 g/mol. The topological polar surface area (TPSA) is 63.2 Å². The minimum Gasteiger partial charge on any atom is -0.493 e. The van der Waals surface area contributed by atoms with Crippen molar-refractivity contribution in [3.63, 3.8) is 0 Å². The van der Waals surface area contributed by atoms with Crippen LogP contribution in [0.1, 0.15) is 23.7 Å². The molecule has 0 bridgehead atoms. The SMILES string of the molecule is CCCOc1ccc(C(=O)Oc2ccc3c(c2)OCO3)cc1OC. The zero-order valence-electron chi connectivity index (χ0n) is 13.5. The molecule has 3 rings (SSSR count). The van der Waals surface area contributed by atoms with Crippen LogP contribution in [0, 0.1) is 0 Å². The number of ether oxygens (including phenoxy) is 5. The quantitative estimate of drug-likeness (QED) is 0.597. The van der Waals surface area contributed by atoms with Gasteiger partial charge in [0.05, 0.1) is 19.3 Å². The van der Waals surface area contributed by atoms with Gasteiger partial charge in [0.15, 0.2) is 23.0 Å². The van der Waals surface area contributed by atoms with Crippen molar-refractivity contribution in [3.05, 3.63) is 42.0 Å². The minimum atomic E-state index is -0.491. The molecule has 0 spiro atoms. The molecule has 6 heteroatoms. The molecule has 2 aromatic carbocycles. The molecule has 126 valence electrons. The van der Waals surface area contributed by atoms with Crippen LogP contribution in [0.25, 0.3) is 0 Å². The van der Waals surface area contributed by atoms with Crippen LogP contribution in [0.5, 0.6) is 28.7 Å². The first-order chi connectivity index (χ1) is 11.7. The minimum absolute atomic E-state index is 0.170. The fourth-order valence-corrected chi connectivity index (χ4v) is 2.23. The molecule has 1 aliphatic heterocycles. The Balaban J connectivity index is 1.74. The van der Waals surface area contributed by atoms with Crippen molar-refractivity contribution >= 4 is 5.97 Å². The first kappa shape index (κ1) is 16.0. The Bertz CT molecular complexity index is 740. The lowest BCUT2D eigenvalue weighted by Crippen LogP contribution is -2.09. The predicted molar refractivity (Wildman–Crippen MR) is 86.3 cm³/mol. The van der Waals surface area contributed by atoms with Crippen LogP contribution in [0.15, 0.2) is 36.4 Å². The summed E-state index contributed by atoms with van der Waals surface area (Å²) in [6, 6.07) is 9.92. The van der Waals surface area contributed by atoms with Crippen molar-refractivity contribution < 1.29 is 28.5 Å². The summed E-state index contributed by atoms with van der Waals surface area (Å²) in [5.41, 5.74) is 0.369. The summed E-state index contributed by atoms with van der Waals surface area (Å²) in [5, 5.41) is 0. The van der Waals surface area contributed by atoms with Crippen molar-refractivity contribution in [1.82, 2.24) is 0 Å². The molecule has 0 fully saturated rings. The summed E-state index contributed by atoms with van der Waals surface area (Å²) < 4.78 is 26.7. The van der Waals surface area contributed by atoms with Gasteiger partial charge in [-0.2, -0.15) is 0 Å². The second kappa shape index (κ2) is 7.12. The van der Waals surface area contributed by atoms with E-state index in [1.54, 1.807) is 36.4 Å². The van der Waals surface area contributed by atoms with Crippen LogP contribution in [0.2, 0.25) is 0 Å². The molecule has 6 nitrogen and oxygen atoms in total. The highest BCUT2D eigenvalue weighted by molar-refractivity contribution is 5.92. The van der Waals surface area contributed by atoms with Crippen LogP contribution < -0.4 is 23.7 Å². The molecule has 0 atom stereocenters. The molecule has 0 radical (unpaired) electrons. The molecule has 1 aliphatic rings. The van der Waals surface area contributed by atoms with E-state index in [0.29, 0.717) is 40.9 Å². The number of esters is 1. The van der Waals surface area contributed by atoms with E-state index in [1.165, 1.54) is 7.11 Å². The van der Waals surface area contributed by atoms with Crippen LogP contribution >= 0.6 is 0 Å². The number of hydrogen-bond donors (Lipinski definition) is 0. The van der Waals surface area contributed by atoms with E-state index >= 15 is 0 Å². The molecule has 0 unspecified atom stereocenters. The third-order valence-electron chi connectivity index (χ3n) is 3.42. The van der Waals surface area contributed by atoms with Gasteiger partial charge in [0.2, 0.25) is 6.79 Å². The first-order valence-corrected chi connectivity index (χ1v) is 7.64. The van der Waals surface area contributed by atoms with Gasteiger partial charge in [0.25, 0.3) is 0 Å². The van der Waals surface area contributed by atoms with E-state index in [-0.39, 0.29) is 6.79 Å². The zero-order valence-corrected chi connectivity index (χ0v) is 13.5. The first-order valence-electron chi connectivity index (χ1n) is 7.64. The second-order valence-electron chi connectivity index (χ2n) is 5.12. The largest absolute Gasteiger partial charge is 0.493 e. The number of benzene rings is 2. The third kappa shape index (κ3) is 3.37. The highest BCUT2D eigenvalue weighted by atomic mass is 16.7. The number of methoxy groups -OCH3 is 1. The van der Waals surface area contributed by atoms with Gasteiger partial charge in [-0.15, -0.1) is 0 Å². The summed E-state index contributed by atoms with van der Waals surface area (Å²) >= 11 is 0. The Morgan fingerprint density at radius 1 is 1.08 bits per heavy atom. The Morgan fingerprint density at radius 2 is 1.92 bits per heavy atom. The fourth-order valence-electron chi connectivity index (χ4n) is 2.23. The number of fused-ring (bicyclic) bond motifs is 1. The smallest absolute Gasteiger partial charge is 0.343 e. The van der Waals surface area contributed by atoms with Gasteiger partial charge in [-0.1, -0.05) is 6.92 Å². The molecular weight excluding hydrogens is 312 g/mol. The van der Waals surface area contributed by atoms with Crippen molar-refractivity contribution in [2.75, 3.05) is 20.5 Å². The Kier molecular flexibility index (Phi) is 4.74. The Morgan fingerprint density at radius 3 is 2.71 bits per heavy atom. The lowest BCUT2D eigenvalue weighted by Gasteiger charge is -2.11. The van der Waals surface area contributed by atoms with E-state index in [9.17, 15) is 4.79 Å². The zero-order chi connectivity index (χ0) is 16.9. The van der Waals surface area contributed by atoms with Gasteiger partial charge in [0, 0.05) is 6.07 Å². The van der Waals surface area contributed by atoms with Crippen molar-refractivity contribution in [2.24, 2.45) is 0 Å². The summed E-state index contributed by atoms with van der Waals surface area (Å²) in [6.45, 7) is 2.77. The molecule has 0 saturated heterocycles. The lowest BCUT2D eigenvalue weighted by molar-refractivity contribution is 0.0734. The van der Waals surface area contributed by atoms with Gasteiger partial charge in [-0.3, -0.25) is 0 Å². The van der Waals surface area contributed by atoms with Gasteiger partial charge in [0.1, 0.15) is 5.75 Å². The Labute approximate surface area is 139 Å². The van der Waals surface area contributed by atoms with Crippen LogP contribution in [-0.4, -0.2) is 26.5 Å². The molecule has 0 aliphatic carbocycles. The van der Waals surface area contributed by atoms with E-state index in [2.05, 4.69) is 0 Å². The molecule has 2 aromatic rings. The average Bonchev–Trinajstić information content (AvgIpc) is 3.07. The Hall–Kier alpha value is -2.89. The highest BCUT2D eigenvalue weighted by Crippen LogP contribution is 2.35. The number of rotatable bonds is 6. The molecular formula is C18H18O6. The van der Waals surface area contributed by atoms with Crippen molar-refractivity contribution in [2.45, 2.75) is 13.3 Å². The number of carbonyl (C=O) groups is 1. The summed E-state index contributed by atoms with van der Waals surface area (Å²) in [7, 11) is 1.53. The standard InChI is InChI=1S/C18H18O6/c1-3-8-21-14-6-4-12(9-16(14)20-2)18(19)24-13-5-7-15-17(10-13)23-11-22-15/h4-7,9-10H,3,8,11H2,1-2H3. The summed E-state index contributed by atoms with van der Waals surface area (Å²) in [6.07, 6.45) is 0.886. The number of hydrogen-bond acceptors (Lipinski definition) is 6. The van der Waals surface area contributed by atoms with E-state index in [1.807, 2.05) is 6.92 Å². The molecule has 0 N–H and O–H groups in total. The third-order valence-corrected chi connectivity index (χ3v) is 3.42. The van der Waals surface area contributed by atoms with Crippen molar-refractivity contribution in [3.8, 4) is 28.7 Å². The highest BCUT2D eigenvalue weighted by Gasteiger charge is 2.17. The maximum atomic E-state index is 12.3. The van der Waals surface area contributed by atoms with E-state index in [0.717, 1.165) is 6.42 Å². The van der Waals surface area contributed by atoms with Crippen LogP contribution in [0.4, 0.5) is 0 Å². The van der Waals surface area contributed by atoms with Gasteiger partial charge < -0.3 is 23.7 Å². The van der Waals surface area contributed by atoms with E-state index < -0.39 is 5.97 Å². The maximum Gasteiger partial charge on any atom is 0.343 e. The molecule has 0 saturated carbocycles. The lowest BCUT2D eigenvalue weighted by atomic mass is 10.2. The predicted octanol–water partition coefficient (Wildman–Crippen LogP) is 3.43. The van der Waals surface area contributed by atoms with Gasteiger partial charge in [-0.05, 0) is 36.8 Å². The van der Waals surface area contributed by atoms with Crippen LogP contribution in [0.3, 0.4) is 0 Å². The molecule has 0 aromatic heterocycles. The maximum absolute atomic E-state index is 12.3. The fraction of sp³-hybridized carbons (Fsp3) is 0.278. The average molecular weight is 330 g/mol.